The molecule has 1 amide bonds. The van der Waals surface area contributed by atoms with Crippen molar-refractivity contribution in [3.8, 4) is 0 Å². The first-order valence-electron chi connectivity index (χ1n) is 7.89. The summed E-state index contributed by atoms with van der Waals surface area (Å²) in [5.41, 5.74) is 1.39. The van der Waals surface area contributed by atoms with Crippen LogP contribution in [0.3, 0.4) is 0 Å². The van der Waals surface area contributed by atoms with Gasteiger partial charge in [-0.15, -0.1) is 0 Å². The minimum Gasteiger partial charge on any atom is -0.340 e. The fraction of sp³-hybridized carbons (Fsp3) is 0.0526. The summed E-state index contributed by atoms with van der Waals surface area (Å²) in [6.07, 6.45) is 1.20. The number of aromatic nitrogens is 2. The van der Waals surface area contributed by atoms with Crippen molar-refractivity contribution in [3.63, 3.8) is 0 Å². The van der Waals surface area contributed by atoms with Crippen molar-refractivity contribution < 1.29 is 18.4 Å². The Bertz CT molecular complexity index is 1010. The molecular weight excluding hydrogens is 354 g/mol. The highest BCUT2D eigenvalue weighted by atomic mass is 19.2. The molecule has 0 atom stereocenters. The highest BCUT2D eigenvalue weighted by molar-refractivity contribution is 6.03. The molecule has 8 heteroatoms. The topological polar surface area (TPSA) is 84.0 Å². The number of rotatable bonds is 5. The van der Waals surface area contributed by atoms with Gasteiger partial charge in [-0.1, -0.05) is 0 Å². The van der Waals surface area contributed by atoms with E-state index in [0.29, 0.717) is 17.1 Å². The average molecular weight is 368 g/mol. The van der Waals surface area contributed by atoms with E-state index in [1.165, 1.54) is 25.4 Å². The molecule has 0 fully saturated rings. The first-order chi connectivity index (χ1) is 12.9. The van der Waals surface area contributed by atoms with Crippen LogP contribution in [-0.4, -0.2) is 21.7 Å². The molecule has 2 N–H and O–H groups in total. The second kappa shape index (κ2) is 7.69. The van der Waals surface area contributed by atoms with E-state index in [2.05, 4.69) is 20.6 Å². The third-order valence-corrected chi connectivity index (χ3v) is 3.64. The zero-order valence-corrected chi connectivity index (χ0v) is 14.2. The van der Waals surface area contributed by atoms with Crippen LogP contribution < -0.4 is 10.6 Å². The molecule has 1 heterocycles. The number of benzene rings is 2. The maximum atomic E-state index is 13.2. The molecule has 3 rings (SSSR count). The quantitative estimate of drug-likeness (QED) is 0.666. The van der Waals surface area contributed by atoms with E-state index in [9.17, 15) is 18.4 Å². The molecule has 0 saturated carbocycles. The maximum absolute atomic E-state index is 13.2. The molecule has 1 aromatic heterocycles. The van der Waals surface area contributed by atoms with Gasteiger partial charge in [-0.2, -0.15) is 0 Å². The van der Waals surface area contributed by atoms with Crippen molar-refractivity contribution in [1.29, 1.82) is 0 Å². The highest BCUT2D eigenvalue weighted by Gasteiger charge is 2.11. The Kier molecular flexibility index (Phi) is 5.16. The molecule has 0 aliphatic rings. The van der Waals surface area contributed by atoms with E-state index in [1.54, 1.807) is 24.3 Å². The summed E-state index contributed by atoms with van der Waals surface area (Å²) in [6.45, 7) is 1.48. The van der Waals surface area contributed by atoms with Crippen molar-refractivity contribution in [1.82, 2.24) is 9.97 Å². The normalized spacial score (nSPS) is 10.3. The van der Waals surface area contributed by atoms with Crippen LogP contribution in [0, 0.1) is 11.6 Å². The third-order valence-electron chi connectivity index (χ3n) is 3.64. The van der Waals surface area contributed by atoms with E-state index < -0.39 is 17.5 Å². The Hall–Kier alpha value is -3.68. The first kappa shape index (κ1) is 18.1. The van der Waals surface area contributed by atoms with Gasteiger partial charge in [0.2, 0.25) is 0 Å². The number of hydrogen-bond acceptors (Lipinski definition) is 5. The van der Waals surface area contributed by atoms with Gasteiger partial charge in [-0.25, -0.2) is 18.7 Å². The predicted octanol–water partition coefficient (Wildman–Crippen LogP) is 3.95. The van der Waals surface area contributed by atoms with Crippen molar-refractivity contribution >= 4 is 28.9 Å². The van der Waals surface area contributed by atoms with Crippen LogP contribution >= 0.6 is 0 Å². The fourth-order valence-corrected chi connectivity index (χ4v) is 2.26. The van der Waals surface area contributed by atoms with Crippen molar-refractivity contribution in [2.45, 2.75) is 6.92 Å². The summed E-state index contributed by atoms with van der Waals surface area (Å²) < 4.78 is 26.2. The van der Waals surface area contributed by atoms with Gasteiger partial charge in [0, 0.05) is 29.1 Å². The second-order valence-corrected chi connectivity index (χ2v) is 5.63. The lowest BCUT2D eigenvalue weighted by atomic mass is 10.1. The lowest BCUT2D eigenvalue weighted by Gasteiger charge is -2.08. The van der Waals surface area contributed by atoms with Crippen molar-refractivity contribution in [3.05, 3.63) is 77.8 Å². The number of carbonyl (C=O) groups excluding carboxylic acids is 2. The van der Waals surface area contributed by atoms with Gasteiger partial charge in [-0.3, -0.25) is 9.59 Å². The van der Waals surface area contributed by atoms with E-state index in [0.717, 1.165) is 12.1 Å². The van der Waals surface area contributed by atoms with Crippen LogP contribution in [0.25, 0.3) is 0 Å². The number of carbonyl (C=O) groups is 2. The van der Waals surface area contributed by atoms with E-state index in [-0.39, 0.29) is 17.2 Å². The summed E-state index contributed by atoms with van der Waals surface area (Å²) in [4.78, 5) is 31.5. The minimum atomic E-state index is -1.06. The van der Waals surface area contributed by atoms with E-state index in [1.807, 2.05) is 0 Å². The molecule has 0 saturated heterocycles. The van der Waals surface area contributed by atoms with Gasteiger partial charge < -0.3 is 10.6 Å². The summed E-state index contributed by atoms with van der Waals surface area (Å²) in [6, 6.07) is 11.2. The number of Topliss-reactive ketones (excluding diaryl/α,β-unsaturated/α-hetero) is 1. The van der Waals surface area contributed by atoms with Gasteiger partial charge in [0.1, 0.15) is 17.8 Å². The molecular formula is C19H14F2N4O2. The van der Waals surface area contributed by atoms with Gasteiger partial charge in [0.05, 0.1) is 0 Å². The number of hydrogen-bond donors (Lipinski definition) is 2. The Morgan fingerprint density at radius 3 is 2.26 bits per heavy atom. The molecule has 136 valence electrons. The highest BCUT2D eigenvalue weighted by Crippen LogP contribution is 2.17. The van der Waals surface area contributed by atoms with E-state index in [4.69, 9.17) is 0 Å². The Morgan fingerprint density at radius 2 is 1.59 bits per heavy atom. The lowest BCUT2D eigenvalue weighted by Crippen LogP contribution is -2.14. The summed E-state index contributed by atoms with van der Waals surface area (Å²) >= 11 is 0. The van der Waals surface area contributed by atoms with Crippen LogP contribution in [0.15, 0.2) is 54.9 Å². The molecule has 0 radical (unpaired) electrons. The fourth-order valence-electron chi connectivity index (χ4n) is 2.26. The molecule has 2 aromatic carbocycles. The van der Waals surface area contributed by atoms with Crippen molar-refractivity contribution in [2.75, 3.05) is 10.6 Å². The zero-order valence-electron chi connectivity index (χ0n) is 14.2. The molecule has 0 aliphatic carbocycles. The molecule has 0 bridgehead atoms. The summed E-state index contributed by atoms with van der Waals surface area (Å²) in [7, 11) is 0. The average Bonchev–Trinajstić information content (AvgIpc) is 2.65. The van der Waals surface area contributed by atoms with Crippen LogP contribution in [0.2, 0.25) is 0 Å². The monoisotopic (exact) mass is 368 g/mol. The number of amides is 1. The zero-order chi connectivity index (χ0) is 19.4. The smallest absolute Gasteiger partial charge is 0.274 e. The van der Waals surface area contributed by atoms with Crippen LogP contribution in [0.4, 0.5) is 26.0 Å². The molecule has 6 nitrogen and oxygen atoms in total. The number of halogens is 2. The summed E-state index contributed by atoms with van der Waals surface area (Å²) in [5, 5.41) is 5.43. The van der Waals surface area contributed by atoms with Gasteiger partial charge in [0.15, 0.2) is 17.4 Å². The van der Waals surface area contributed by atoms with E-state index >= 15 is 0 Å². The van der Waals surface area contributed by atoms with Crippen LogP contribution in [0.5, 0.6) is 0 Å². The Morgan fingerprint density at radius 1 is 0.889 bits per heavy atom. The summed E-state index contributed by atoms with van der Waals surface area (Å²) in [5.74, 6) is -2.35. The number of nitrogens with one attached hydrogen (secondary N) is 2. The number of nitrogens with zero attached hydrogens (tertiary/aromatic N) is 2. The molecule has 27 heavy (non-hydrogen) atoms. The Balaban J connectivity index is 1.73. The Labute approximate surface area is 153 Å². The molecule has 0 unspecified atom stereocenters. The van der Waals surface area contributed by atoms with Crippen LogP contribution in [0.1, 0.15) is 27.8 Å². The standard InChI is InChI=1S/C19H14F2N4O2/c1-11(26)12-2-4-13(5-3-12)24-18-9-17(22-10-23-18)19(27)25-14-6-7-15(20)16(21)8-14/h2-10H,1H3,(H,25,27)(H,22,23,24). The lowest BCUT2D eigenvalue weighted by molar-refractivity contribution is 0.101. The molecule has 3 aromatic rings. The minimum absolute atomic E-state index is 0.0394. The molecule has 0 spiro atoms. The number of ketones is 1. The van der Waals surface area contributed by atoms with Crippen molar-refractivity contribution in [2.24, 2.45) is 0 Å². The second-order valence-electron chi connectivity index (χ2n) is 5.63. The van der Waals surface area contributed by atoms with Gasteiger partial charge >= 0.3 is 0 Å². The number of anilines is 3. The molecule has 0 aliphatic heterocycles. The van der Waals surface area contributed by atoms with Gasteiger partial charge in [-0.05, 0) is 43.3 Å². The third kappa shape index (κ3) is 4.49. The SMILES string of the molecule is CC(=O)c1ccc(Nc2cc(C(=O)Nc3ccc(F)c(F)c3)ncn2)cc1. The first-order valence-corrected chi connectivity index (χ1v) is 7.89. The van der Waals surface area contributed by atoms with Crippen LogP contribution in [-0.2, 0) is 0 Å². The maximum Gasteiger partial charge on any atom is 0.274 e. The van der Waals surface area contributed by atoms with Gasteiger partial charge in [0.25, 0.3) is 5.91 Å². The predicted molar refractivity (Wildman–Crippen MR) is 96.1 cm³/mol. The largest absolute Gasteiger partial charge is 0.340 e.